The Kier molecular flexibility index (Phi) is 6.31. The van der Waals surface area contributed by atoms with Crippen molar-refractivity contribution in [3.63, 3.8) is 0 Å². The van der Waals surface area contributed by atoms with E-state index in [4.69, 9.17) is 14.5 Å². The Balaban J connectivity index is 1.90. The van der Waals surface area contributed by atoms with Gasteiger partial charge in [-0.25, -0.2) is 4.98 Å². The molecule has 4 rings (SSSR count). The molecule has 0 unspecified atom stereocenters. The second kappa shape index (κ2) is 9.13. The molecule has 1 aromatic carbocycles. The van der Waals surface area contributed by atoms with Gasteiger partial charge in [0.05, 0.1) is 17.7 Å². The summed E-state index contributed by atoms with van der Waals surface area (Å²) in [6.45, 7) is 0.951. The SMILES string of the molecule is COCCOc1nc2c(c(-c3ccc(C(F)(F)F)cc3)c1C1=NN=NC1)CCCCC2. The lowest BCUT2D eigenvalue weighted by molar-refractivity contribution is -0.137. The number of hydrogen-bond donors (Lipinski definition) is 0. The third-order valence-electron chi connectivity index (χ3n) is 5.46. The Morgan fingerprint density at radius 1 is 0.968 bits per heavy atom. The highest BCUT2D eigenvalue weighted by molar-refractivity contribution is 6.10. The van der Waals surface area contributed by atoms with E-state index in [0.29, 0.717) is 35.9 Å². The van der Waals surface area contributed by atoms with Crippen LogP contribution in [0.25, 0.3) is 11.1 Å². The van der Waals surface area contributed by atoms with Crippen LogP contribution in [0.4, 0.5) is 13.2 Å². The van der Waals surface area contributed by atoms with Gasteiger partial charge in [0.1, 0.15) is 18.9 Å². The second-order valence-corrected chi connectivity index (χ2v) is 7.50. The highest BCUT2D eigenvalue weighted by atomic mass is 19.4. The van der Waals surface area contributed by atoms with Gasteiger partial charge < -0.3 is 9.47 Å². The predicted molar refractivity (Wildman–Crippen MR) is 110 cm³/mol. The summed E-state index contributed by atoms with van der Waals surface area (Å²) in [6.07, 6.45) is 0.278. The number of ether oxygens (including phenoxy) is 2. The van der Waals surface area contributed by atoms with Gasteiger partial charge in [-0.1, -0.05) is 18.6 Å². The molecule has 2 heterocycles. The summed E-state index contributed by atoms with van der Waals surface area (Å²) in [7, 11) is 1.58. The Bertz CT molecular complexity index is 1000. The maximum Gasteiger partial charge on any atom is 0.416 e. The number of aromatic nitrogens is 1. The number of methoxy groups -OCH3 is 1. The van der Waals surface area contributed by atoms with E-state index in [-0.39, 0.29) is 6.54 Å². The molecule has 0 saturated heterocycles. The third kappa shape index (κ3) is 4.61. The quantitative estimate of drug-likeness (QED) is 0.464. The molecular weight excluding hydrogens is 409 g/mol. The molecule has 0 N–H and O–H groups in total. The van der Waals surface area contributed by atoms with Crippen molar-refractivity contribution in [1.82, 2.24) is 4.98 Å². The minimum atomic E-state index is -4.39. The molecule has 1 aromatic heterocycles. The van der Waals surface area contributed by atoms with E-state index >= 15 is 0 Å². The fourth-order valence-corrected chi connectivity index (χ4v) is 3.98. The highest BCUT2D eigenvalue weighted by Crippen LogP contribution is 2.39. The average molecular weight is 432 g/mol. The number of halogens is 3. The number of rotatable bonds is 6. The maximum atomic E-state index is 13.1. The Labute approximate surface area is 178 Å². The van der Waals surface area contributed by atoms with Crippen LogP contribution in [-0.4, -0.2) is 37.6 Å². The molecule has 0 amide bonds. The molecule has 6 nitrogen and oxygen atoms in total. The lowest BCUT2D eigenvalue weighted by Gasteiger charge is -2.21. The number of fused-ring (bicyclic) bond motifs is 1. The summed E-state index contributed by atoms with van der Waals surface area (Å²) in [5, 5.41) is 11.9. The number of aryl methyl sites for hydroxylation is 1. The molecular formula is C22H23F3N4O2. The van der Waals surface area contributed by atoms with Crippen molar-refractivity contribution < 1.29 is 22.6 Å². The first-order valence-corrected chi connectivity index (χ1v) is 10.3. The van der Waals surface area contributed by atoms with Crippen LogP contribution in [0.1, 0.15) is 41.6 Å². The van der Waals surface area contributed by atoms with Gasteiger partial charge in [-0.15, -0.1) is 5.10 Å². The largest absolute Gasteiger partial charge is 0.475 e. The zero-order valence-electron chi connectivity index (χ0n) is 17.2. The van der Waals surface area contributed by atoms with Gasteiger partial charge in [0, 0.05) is 18.4 Å². The highest BCUT2D eigenvalue weighted by Gasteiger charge is 2.31. The fourth-order valence-electron chi connectivity index (χ4n) is 3.98. The van der Waals surface area contributed by atoms with E-state index in [0.717, 1.165) is 61.1 Å². The zero-order chi connectivity index (χ0) is 21.8. The molecule has 2 aromatic rings. The van der Waals surface area contributed by atoms with Crippen LogP contribution in [0.5, 0.6) is 5.88 Å². The molecule has 0 fully saturated rings. The van der Waals surface area contributed by atoms with Gasteiger partial charge >= 0.3 is 6.18 Å². The van der Waals surface area contributed by atoms with Crippen LogP contribution in [0, 0.1) is 0 Å². The van der Waals surface area contributed by atoms with Crippen LogP contribution >= 0.6 is 0 Å². The standard InChI is InChI=1S/C22H23F3N4O2/c1-30-11-12-31-21-20(18-13-26-29-28-18)19(16-5-3-2-4-6-17(16)27-21)14-7-9-15(10-8-14)22(23,24)25/h7-10H,2-6,11-13H2,1H3. The summed E-state index contributed by atoms with van der Waals surface area (Å²) in [5.74, 6) is 0.402. The van der Waals surface area contributed by atoms with Crippen molar-refractivity contribution in [2.45, 2.75) is 38.3 Å². The summed E-state index contributed by atoms with van der Waals surface area (Å²) in [4.78, 5) is 4.81. The van der Waals surface area contributed by atoms with Crippen LogP contribution in [-0.2, 0) is 23.8 Å². The second-order valence-electron chi connectivity index (χ2n) is 7.50. The molecule has 0 saturated carbocycles. The summed E-state index contributed by atoms with van der Waals surface area (Å²) >= 11 is 0. The number of benzene rings is 1. The normalized spacial score (nSPS) is 16.1. The van der Waals surface area contributed by atoms with Crippen molar-refractivity contribution >= 4 is 5.71 Å². The minimum Gasteiger partial charge on any atom is -0.475 e. The molecule has 1 aliphatic carbocycles. The number of pyridine rings is 1. The van der Waals surface area contributed by atoms with Gasteiger partial charge in [0.15, 0.2) is 0 Å². The van der Waals surface area contributed by atoms with Gasteiger partial charge in [-0.05, 0) is 54.2 Å². The minimum absolute atomic E-state index is 0.273. The topological polar surface area (TPSA) is 68.4 Å². The Morgan fingerprint density at radius 2 is 1.74 bits per heavy atom. The first kappa shape index (κ1) is 21.4. The maximum absolute atomic E-state index is 13.1. The number of nitrogens with zero attached hydrogens (tertiary/aromatic N) is 4. The molecule has 164 valence electrons. The fraction of sp³-hybridized carbons (Fsp3) is 0.455. The monoisotopic (exact) mass is 432 g/mol. The molecule has 0 bridgehead atoms. The van der Waals surface area contributed by atoms with Crippen molar-refractivity contribution in [3.8, 4) is 17.0 Å². The van der Waals surface area contributed by atoms with Gasteiger partial charge in [0.2, 0.25) is 5.88 Å². The van der Waals surface area contributed by atoms with Crippen molar-refractivity contribution in [2.24, 2.45) is 15.4 Å². The smallest absolute Gasteiger partial charge is 0.416 e. The number of alkyl halides is 3. The number of hydrogen-bond acceptors (Lipinski definition) is 6. The van der Waals surface area contributed by atoms with E-state index in [1.165, 1.54) is 12.1 Å². The molecule has 0 atom stereocenters. The van der Waals surface area contributed by atoms with Crippen LogP contribution in [0.3, 0.4) is 0 Å². The first-order chi connectivity index (χ1) is 15.0. The van der Waals surface area contributed by atoms with Crippen LogP contribution < -0.4 is 4.74 Å². The molecule has 9 heteroatoms. The Morgan fingerprint density at radius 3 is 2.42 bits per heavy atom. The molecule has 1 aliphatic heterocycles. The predicted octanol–water partition coefficient (Wildman–Crippen LogP) is 5.23. The Hall–Kier alpha value is -2.81. The zero-order valence-corrected chi connectivity index (χ0v) is 17.2. The molecule has 0 spiro atoms. The van der Waals surface area contributed by atoms with Crippen LogP contribution in [0.2, 0.25) is 0 Å². The third-order valence-corrected chi connectivity index (χ3v) is 5.46. The molecule has 2 aliphatic rings. The van der Waals surface area contributed by atoms with Gasteiger partial charge in [0.25, 0.3) is 0 Å². The first-order valence-electron chi connectivity index (χ1n) is 10.3. The summed E-state index contributed by atoms with van der Waals surface area (Å²) in [5.41, 5.74) is 4.03. The summed E-state index contributed by atoms with van der Waals surface area (Å²) in [6, 6.07) is 5.24. The lowest BCUT2D eigenvalue weighted by atomic mass is 9.89. The van der Waals surface area contributed by atoms with Crippen molar-refractivity contribution in [1.29, 1.82) is 0 Å². The van der Waals surface area contributed by atoms with Crippen molar-refractivity contribution in [3.05, 3.63) is 46.6 Å². The van der Waals surface area contributed by atoms with E-state index < -0.39 is 11.7 Å². The summed E-state index contributed by atoms with van der Waals surface area (Å²) < 4.78 is 50.4. The van der Waals surface area contributed by atoms with E-state index in [1.807, 2.05) is 0 Å². The average Bonchev–Trinajstić information content (AvgIpc) is 3.18. The van der Waals surface area contributed by atoms with Gasteiger partial charge in [-0.3, -0.25) is 0 Å². The van der Waals surface area contributed by atoms with E-state index in [1.54, 1.807) is 7.11 Å². The molecule has 0 radical (unpaired) electrons. The van der Waals surface area contributed by atoms with Gasteiger partial charge in [-0.2, -0.15) is 18.3 Å². The lowest BCUT2D eigenvalue weighted by Crippen LogP contribution is -2.16. The van der Waals surface area contributed by atoms with Crippen molar-refractivity contribution in [2.75, 3.05) is 26.9 Å². The van der Waals surface area contributed by atoms with E-state index in [9.17, 15) is 13.2 Å². The van der Waals surface area contributed by atoms with E-state index in [2.05, 4.69) is 15.4 Å². The molecule has 31 heavy (non-hydrogen) atoms. The van der Waals surface area contributed by atoms with Crippen LogP contribution in [0.15, 0.2) is 39.7 Å².